The molecule has 1 aliphatic rings. The maximum absolute atomic E-state index is 2.41. The molecule has 0 N–H and O–H groups in total. The molecule has 24 heavy (non-hydrogen) atoms. The van der Waals surface area contributed by atoms with Crippen molar-refractivity contribution in [3.05, 3.63) is 54.6 Å². The van der Waals surface area contributed by atoms with Crippen molar-refractivity contribution in [3.63, 3.8) is 0 Å². The Morgan fingerprint density at radius 2 is 1.46 bits per heavy atom. The first-order valence-corrected chi connectivity index (χ1v) is 10.6. The first-order valence-electron chi connectivity index (χ1n) is 9.59. The van der Waals surface area contributed by atoms with E-state index in [1.807, 2.05) is 11.8 Å². The Bertz CT molecular complexity index is 579. The fourth-order valence-electron chi connectivity index (χ4n) is 3.72. The number of unbranched alkanes of at least 4 members (excludes halogenated alkanes) is 1. The minimum atomic E-state index is 0.982. The van der Waals surface area contributed by atoms with Crippen LogP contribution < -0.4 is 0 Å². The lowest BCUT2D eigenvalue weighted by molar-refractivity contribution is 0.273. The van der Waals surface area contributed by atoms with E-state index in [0.29, 0.717) is 0 Å². The third-order valence-electron chi connectivity index (χ3n) is 5.37. The highest BCUT2D eigenvalue weighted by atomic mass is 32.2. The summed E-state index contributed by atoms with van der Waals surface area (Å²) in [7, 11) is 0. The van der Waals surface area contributed by atoms with Crippen LogP contribution in [0, 0.1) is 11.8 Å². The molecule has 1 fully saturated rings. The largest absolute Gasteiger partial charge is 0.126 e. The summed E-state index contributed by atoms with van der Waals surface area (Å²) in [6, 6.07) is 19.7. The summed E-state index contributed by atoms with van der Waals surface area (Å²) in [6.45, 7) is 2.41. The van der Waals surface area contributed by atoms with Crippen molar-refractivity contribution >= 4 is 11.8 Å². The van der Waals surface area contributed by atoms with Crippen LogP contribution in [0.15, 0.2) is 59.5 Å². The molecule has 0 unspecified atom stereocenters. The predicted molar refractivity (Wildman–Crippen MR) is 108 cm³/mol. The van der Waals surface area contributed by atoms with Crippen molar-refractivity contribution in [1.82, 2.24) is 0 Å². The van der Waals surface area contributed by atoms with Crippen LogP contribution in [0.3, 0.4) is 0 Å². The van der Waals surface area contributed by atoms with Gasteiger partial charge in [0.2, 0.25) is 0 Å². The van der Waals surface area contributed by atoms with E-state index in [9.17, 15) is 0 Å². The van der Waals surface area contributed by atoms with Crippen LogP contribution >= 0.6 is 11.8 Å². The molecule has 1 saturated carbocycles. The zero-order chi connectivity index (χ0) is 16.6. The topological polar surface area (TPSA) is 0 Å². The van der Waals surface area contributed by atoms with E-state index in [-0.39, 0.29) is 0 Å². The molecule has 1 aliphatic carbocycles. The fourth-order valence-corrected chi connectivity index (χ4v) is 4.63. The second-order valence-corrected chi connectivity index (χ2v) is 8.53. The molecule has 0 spiro atoms. The molecule has 0 saturated heterocycles. The SMILES string of the molecule is CC1CCC(CCCCSc2ccc(-c3ccccc3)cc2)CC1. The van der Waals surface area contributed by atoms with Gasteiger partial charge in [0.1, 0.15) is 0 Å². The molecule has 0 bridgehead atoms. The van der Waals surface area contributed by atoms with Crippen molar-refractivity contribution in [3.8, 4) is 11.1 Å². The van der Waals surface area contributed by atoms with Crippen molar-refractivity contribution in [1.29, 1.82) is 0 Å². The number of benzene rings is 2. The molecule has 2 aromatic carbocycles. The number of rotatable bonds is 7. The van der Waals surface area contributed by atoms with Crippen LogP contribution in [0.4, 0.5) is 0 Å². The smallest absolute Gasteiger partial charge is 0.00723 e. The lowest BCUT2D eigenvalue weighted by Gasteiger charge is -2.25. The minimum Gasteiger partial charge on any atom is -0.126 e. The molecule has 0 aliphatic heterocycles. The van der Waals surface area contributed by atoms with Gasteiger partial charge in [-0.05, 0) is 47.3 Å². The van der Waals surface area contributed by atoms with Gasteiger partial charge in [0.25, 0.3) is 0 Å². The Morgan fingerprint density at radius 1 is 0.792 bits per heavy atom. The third kappa shape index (κ3) is 5.41. The molecule has 0 heterocycles. The Hall–Kier alpha value is -1.21. The van der Waals surface area contributed by atoms with Crippen molar-refractivity contribution in [2.24, 2.45) is 11.8 Å². The monoisotopic (exact) mass is 338 g/mol. The van der Waals surface area contributed by atoms with Crippen LogP contribution in [-0.4, -0.2) is 5.75 Å². The van der Waals surface area contributed by atoms with Gasteiger partial charge in [-0.1, -0.05) is 87.9 Å². The van der Waals surface area contributed by atoms with Crippen molar-refractivity contribution < 1.29 is 0 Å². The summed E-state index contributed by atoms with van der Waals surface area (Å²) < 4.78 is 0. The van der Waals surface area contributed by atoms with E-state index in [2.05, 4.69) is 61.5 Å². The van der Waals surface area contributed by atoms with Gasteiger partial charge in [0.05, 0.1) is 0 Å². The average molecular weight is 339 g/mol. The summed E-state index contributed by atoms with van der Waals surface area (Å²) in [5.74, 6) is 3.26. The average Bonchev–Trinajstić information content (AvgIpc) is 2.64. The van der Waals surface area contributed by atoms with Crippen LogP contribution in [-0.2, 0) is 0 Å². The Balaban J connectivity index is 1.35. The summed E-state index contributed by atoms with van der Waals surface area (Å²) in [6.07, 6.45) is 10.1. The molecule has 0 amide bonds. The lowest BCUT2D eigenvalue weighted by Crippen LogP contribution is -2.12. The first-order chi connectivity index (χ1) is 11.8. The molecular weight excluding hydrogens is 308 g/mol. The zero-order valence-corrected chi connectivity index (χ0v) is 15.7. The van der Waals surface area contributed by atoms with E-state index < -0.39 is 0 Å². The van der Waals surface area contributed by atoms with Crippen LogP contribution in [0.25, 0.3) is 11.1 Å². The Kier molecular flexibility index (Phi) is 6.84. The van der Waals surface area contributed by atoms with E-state index in [4.69, 9.17) is 0 Å². The van der Waals surface area contributed by atoms with Gasteiger partial charge in [-0.15, -0.1) is 11.8 Å². The molecular formula is C23H30S. The summed E-state index contributed by atoms with van der Waals surface area (Å²) in [5.41, 5.74) is 2.61. The van der Waals surface area contributed by atoms with E-state index in [0.717, 1.165) is 11.8 Å². The standard InChI is InChI=1S/C23H30S/c1-19-10-12-20(13-11-19)7-5-6-18-24-23-16-14-22(15-17-23)21-8-3-2-4-9-21/h2-4,8-9,14-17,19-20H,5-7,10-13,18H2,1H3. The fraction of sp³-hybridized carbons (Fsp3) is 0.478. The minimum absolute atomic E-state index is 0.982. The molecule has 128 valence electrons. The summed E-state index contributed by atoms with van der Waals surface area (Å²) in [5, 5.41) is 0. The normalized spacial score (nSPS) is 20.9. The maximum atomic E-state index is 2.41. The Morgan fingerprint density at radius 3 is 2.17 bits per heavy atom. The molecule has 2 aromatic rings. The lowest BCUT2D eigenvalue weighted by atomic mass is 9.81. The van der Waals surface area contributed by atoms with Crippen molar-refractivity contribution in [2.75, 3.05) is 5.75 Å². The van der Waals surface area contributed by atoms with Crippen LogP contribution in [0.1, 0.15) is 51.9 Å². The number of thioether (sulfide) groups is 1. The van der Waals surface area contributed by atoms with E-state index >= 15 is 0 Å². The van der Waals surface area contributed by atoms with Crippen molar-refractivity contribution in [2.45, 2.75) is 56.8 Å². The molecule has 1 heteroatoms. The van der Waals surface area contributed by atoms with Crippen LogP contribution in [0.5, 0.6) is 0 Å². The highest BCUT2D eigenvalue weighted by Crippen LogP contribution is 2.32. The molecule has 3 rings (SSSR count). The zero-order valence-electron chi connectivity index (χ0n) is 14.9. The maximum Gasteiger partial charge on any atom is 0.00723 e. The number of hydrogen-bond donors (Lipinski definition) is 0. The van der Waals surface area contributed by atoms with Gasteiger partial charge in [-0.3, -0.25) is 0 Å². The quantitative estimate of drug-likeness (QED) is 0.373. The summed E-state index contributed by atoms with van der Waals surface area (Å²) >= 11 is 2.01. The van der Waals surface area contributed by atoms with Gasteiger partial charge in [-0.25, -0.2) is 0 Å². The molecule has 0 atom stereocenters. The molecule has 0 nitrogen and oxygen atoms in total. The predicted octanol–water partition coefficient (Wildman–Crippen LogP) is 7.44. The Labute approximate surface area is 152 Å². The van der Waals surface area contributed by atoms with Gasteiger partial charge in [0, 0.05) is 4.90 Å². The first kappa shape index (κ1) is 17.6. The van der Waals surface area contributed by atoms with E-state index in [1.54, 1.807) is 0 Å². The third-order valence-corrected chi connectivity index (χ3v) is 6.47. The van der Waals surface area contributed by atoms with Gasteiger partial charge in [0.15, 0.2) is 0 Å². The second kappa shape index (κ2) is 9.32. The highest BCUT2D eigenvalue weighted by Gasteiger charge is 2.17. The second-order valence-electron chi connectivity index (χ2n) is 7.36. The number of hydrogen-bond acceptors (Lipinski definition) is 1. The van der Waals surface area contributed by atoms with Gasteiger partial charge in [-0.2, -0.15) is 0 Å². The summed E-state index contributed by atoms with van der Waals surface area (Å²) in [4.78, 5) is 1.40. The van der Waals surface area contributed by atoms with Gasteiger partial charge < -0.3 is 0 Å². The molecule has 0 aromatic heterocycles. The van der Waals surface area contributed by atoms with Crippen LogP contribution in [0.2, 0.25) is 0 Å². The highest BCUT2D eigenvalue weighted by molar-refractivity contribution is 7.99. The van der Waals surface area contributed by atoms with Gasteiger partial charge >= 0.3 is 0 Å². The molecule has 0 radical (unpaired) electrons. The van der Waals surface area contributed by atoms with E-state index in [1.165, 1.54) is 66.7 Å².